The summed E-state index contributed by atoms with van der Waals surface area (Å²) < 4.78 is 0. The summed E-state index contributed by atoms with van der Waals surface area (Å²) in [6.45, 7) is 5.50. The number of nitrogens with zero attached hydrogens (tertiary/aromatic N) is 2. The van der Waals surface area contributed by atoms with Crippen molar-refractivity contribution in [3.8, 4) is 0 Å². The van der Waals surface area contributed by atoms with Gasteiger partial charge in [-0.05, 0) is 42.7 Å². The van der Waals surface area contributed by atoms with Crippen LogP contribution in [0, 0.1) is 5.92 Å². The molecule has 0 aromatic heterocycles. The summed E-state index contributed by atoms with van der Waals surface area (Å²) >= 11 is 0. The average Bonchev–Trinajstić information content (AvgIpc) is 3.38. The van der Waals surface area contributed by atoms with E-state index in [0.717, 1.165) is 44.5 Å². The summed E-state index contributed by atoms with van der Waals surface area (Å²) in [6, 6.07) is 8.84. The highest BCUT2D eigenvalue weighted by molar-refractivity contribution is 14.0. The van der Waals surface area contributed by atoms with Crippen molar-refractivity contribution in [3.63, 3.8) is 0 Å². The molecule has 3 rings (SSSR count). The van der Waals surface area contributed by atoms with E-state index >= 15 is 0 Å². The highest BCUT2D eigenvalue weighted by Gasteiger charge is 2.21. The number of halogens is 1. The fraction of sp³-hybridized carbons (Fsp3) is 0.611. The maximum absolute atomic E-state index is 4.28. The van der Waals surface area contributed by atoms with Crippen LogP contribution in [0.1, 0.15) is 30.4 Å². The van der Waals surface area contributed by atoms with Crippen molar-refractivity contribution < 1.29 is 0 Å². The Balaban J connectivity index is 0.00000192. The standard InChI is InChI=1S/C18H28N4.HI/c1-19-18(21-13-15-7-8-15)20-10-4-11-22-12-9-16-5-2-3-6-17(16)14-22;/h2-3,5-6,15H,4,7-14H2,1H3,(H2,19,20,21);1H. The van der Waals surface area contributed by atoms with Gasteiger partial charge in [-0.3, -0.25) is 9.89 Å². The molecule has 23 heavy (non-hydrogen) atoms. The van der Waals surface area contributed by atoms with Crippen LogP contribution >= 0.6 is 24.0 Å². The Morgan fingerprint density at radius 1 is 1.22 bits per heavy atom. The molecule has 1 aliphatic heterocycles. The van der Waals surface area contributed by atoms with E-state index in [4.69, 9.17) is 0 Å². The Kier molecular flexibility index (Phi) is 7.62. The summed E-state index contributed by atoms with van der Waals surface area (Å²) in [4.78, 5) is 6.84. The second-order valence-corrected chi connectivity index (χ2v) is 6.47. The van der Waals surface area contributed by atoms with Gasteiger partial charge in [0.25, 0.3) is 0 Å². The lowest BCUT2D eigenvalue weighted by Crippen LogP contribution is -2.40. The van der Waals surface area contributed by atoms with Crippen LogP contribution in [0.5, 0.6) is 0 Å². The van der Waals surface area contributed by atoms with Gasteiger partial charge in [0, 0.05) is 39.8 Å². The molecule has 128 valence electrons. The fourth-order valence-corrected chi connectivity index (χ4v) is 3.04. The minimum absolute atomic E-state index is 0. The van der Waals surface area contributed by atoms with Gasteiger partial charge in [-0.2, -0.15) is 0 Å². The number of benzene rings is 1. The van der Waals surface area contributed by atoms with Crippen molar-refractivity contribution in [2.24, 2.45) is 10.9 Å². The van der Waals surface area contributed by atoms with Gasteiger partial charge in [-0.1, -0.05) is 24.3 Å². The zero-order valence-electron chi connectivity index (χ0n) is 14.1. The Hall–Kier alpha value is -0.820. The van der Waals surface area contributed by atoms with Crippen molar-refractivity contribution in [2.45, 2.75) is 32.2 Å². The molecule has 2 aliphatic rings. The molecule has 0 radical (unpaired) electrons. The molecular weight excluding hydrogens is 399 g/mol. The number of aliphatic imine (C=N–C) groups is 1. The van der Waals surface area contributed by atoms with Crippen molar-refractivity contribution in [1.29, 1.82) is 0 Å². The molecule has 0 spiro atoms. The molecule has 0 amide bonds. The number of hydrogen-bond donors (Lipinski definition) is 2. The highest BCUT2D eigenvalue weighted by atomic mass is 127. The number of fused-ring (bicyclic) bond motifs is 1. The third-order valence-electron chi connectivity index (χ3n) is 4.63. The van der Waals surface area contributed by atoms with Gasteiger partial charge < -0.3 is 10.6 Å². The molecule has 1 aliphatic carbocycles. The summed E-state index contributed by atoms with van der Waals surface area (Å²) in [5.41, 5.74) is 3.03. The van der Waals surface area contributed by atoms with E-state index in [-0.39, 0.29) is 24.0 Å². The predicted molar refractivity (Wildman–Crippen MR) is 108 cm³/mol. The third-order valence-corrected chi connectivity index (χ3v) is 4.63. The zero-order chi connectivity index (χ0) is 15.2. The summed E-state index contributed by atoms with van der Waals surface area (Å²) in [5, 5.41) is 6.83. The molecule has 1 heterocycles. The first-order valence-corrected chi connectivity index (χ1v) is 8.59. The minimum atomic E-state index is 0. The first-order chi connectivity index (χ1) is 10.8. The molecule has 1 aromatic carbocycles. The van der Waals surface area contributed by atoms with E-state index in [9.17, 15) is 0 Å². The van der Waals surface area contributed by atoms with Gasteiger partial charge >= 0.3 is 0 Å². The van der Waals surface area contributed by atoms with Gasteiger partial charge in [0.2, 0.25) is 0 Å². The van der Waals surface area contributed by atoms with E-state index in [1.807, 2.05) is 7.05 Å². The number of guanidine groups is 1. The molecule has 1 saturated carbocycles. The van der Waals surface area contributed by atoms with Gasteiger partial charge in [0.1, 0.15) is 0 Å². The Morgan fingerprint density at radius 2 is 2.00 bits per heavy atom. The van der Waals surface area contributed by atoms with Gasteiger partial charge in [0.05, 0.1) is 0 Å². The normalized spacial score (nSPS) is 18.0. The molecule has 0 unspecified atom stereocenters. The monoisotopic (exact) mass is 428 g/mol. The van der Waals surface area contributed by atoms with Crippen molar-refractivity contribution in [3.05, 3.63) is 35.4 Å². The van der Waals surface area contributed by atoms with Gasteiger partial charge in [-0.15, -0.1) is 24.0 Å². The fourth-order valence-electron chi connectivity index (χ4n) is 3.04. The SMILES string of the molecule is CN=C(NCCCN1CCc2ccccc2C1)NCC1CC1.I. The first-order valence-electron chi connectivity index (χ1n) is 8.59. The quantitative estimate of drug-likeness (QED) is 0.317. The van der Waals surface area contributed by atoms with Crippen LogP contribution in [0.15, 0.2) is 29.3 Å². The Bertz CT molecular complexity index is 513. The van der Waals surface area contributed by atoms with Crippen LogP contribution in [0.3, 0.4) is 0 Å². The molecule has 1 fully saturated rings. The van der Waals surface area contributed by atoms with Crippen molar-refractivity contribution in [2.75, 3.05) is 33.2 Å². The first kappa shape index (κ1) is 18.5. The van der Waals surface area contributed by atoms with Crippen molar-refractivity contribution >= 4 is 29.9 Å². The van der Waals surface area contributed by atoms with Crippen LogP contribution in [0.2, 0.25) is 0 Å². The van der Waals surface area contributed by atoms with Crippen LogP contribution in [0.25, 0.3) is 0 Å². The third kappa shape index (κ3) is 5.95. The number of nitrogens with one attached hydrogen (secondary N) is 2. The molecular formula is C18H29IN4. The predicted octanol–water partition coefficient (Wildman–Crippen LogP) is 2.63. The molecule has 0 saturated heterocycles. The van der Waals surface area contributed by atoms with Crippen LogP contribution in [0.4, 0.5) is 0 Å². The van der Waals surface area contributed by atoms with E-state index in [1.165, 1.54) is 36.9 Å². The topological polar surface area (TPSA) is 39.7 Å². The lowest BCUT2D eigenvalue weighted by molar-refractivity contribution is 0.251. The molecule has 1 aromatic rings. The smallest absolute Gasteiger partial charge is 0.190 e. The van der Waals surface area contributed by atoms with Gasteiger partial charge in [-0.25, -0.2) is 0 Å². The molecule has 2 N–H and O–H groups in total. The lowest BCUT2D eigenvalue weighted by atomic mass is 10.00. The summed E-state index contributed by atoms with van der Waals surface area (Å²) in [6.07, 6.45) is 5.10. The maximum atomic E-state index is 4.28. The second kappa shape index (κ2) is 9.47. The van der Waals surface area contributed by atoms with Crippen LogP contribution in [-0.2, 0) is 13.0 Å². The van der Waals surface area contributed by atoms with Crippen LogP contribution < -0.4 is 10.6 Å². The lowest BCUT2D eigenvalue weighted by Gasteiger charge is -2.28. The average molecular weight is 428 g/mol. The van der Waals surface area contributed by atoms with Gasteiger partial charge in [0.15, 0.2) is 5.96 Å². The molecule has 0 bridgehead atoms. The van der Waals surface area contributed by atoms with E-state index in [0.29, 0.717) is 0 Å². The maximum Gasteiger partial charge on any atom is 0.190 e. The zero-order valence-corrected chi connectivity index (χ0v) is 16.4. The van der Waals surface area contributed by atoms with E-state index in [1.54, 1.807) is 0 Å². The Labute approximate surface area is 157 Å². The van der Waals surface area contributed by atoms with Crippen LogP contribution in [-0.4, -0.2) is 44.1 Å². The molecule has 5 heteroatoms. The van der Waals surface area contributed by atoms with E-state index in [2.05, 4.69) is 44.8 Å². The summed E-state index contributed by atoms with van der Waals surface area (Å²) in [7, 11) is 1.85. The number of hydrogen-bond acceptors (Lipinski definition) is 2. The highest BCUT2D eigenvalue weighted by Crippen LogP contribution is 2.27. The van der Waals surface area contributed by atoms with Crippen molar-refractivity contribution in [1.82, 2.24) is 15.5 Å². The number of rotatable bonds is 6. The molecule has 0 atom stereocenters. The Morgan fingerprint density at radius 3 is 2.74 bits per heavy atom. The second-order valence-electron chi connectivity index (χ2n) is 6.47. The summed E-state index contributed by atoms with van der Waals surface area (Å²) in [5.74, 6) is 1.84. The minimum Gasteiger partial charge on any atom is -0.356 e. The van der Waals surface area contributed by atoms with E-state index < -0.39 is 0 Å². The largest absolute Gasteiger partial charge is 0.356 e. The molecule has 4 nitrogen and oxygen atoms in total.